The van der Waals surface area contributed by atoms with Crippen LogP contribution in [0.15, 0.2) is 42.6 Å². The highest BCUT2D eigenvalue weighted by Gasteiger charge is 2.27. The molecule has 2 aromatic heterocycles. The zero-order valence-electron chi connectivity index (χ0n) is 17.7. The Bertz CT molecular complexity index is 1260. The lowest BCUT2D eigenvalue weighted by atomic mass is 9.85. The van der Waals surface area contributed by atoms with Gasteiger partial charge >= 0.3 is 0 Å². The minimum atomic E-state index is 0.209. The van der Waals surface area contributed by atoms with E-state index in [0.29, 0.717) is 10.0 Å². The van der Waals surface area contributed by atoms with Crippen LogP contribution in [-0.2, 0) is 6.42 Å². The van der Waals surface area contributed by atoms with E-state index in [4.69, 9.17) is 32.9 Å². The van der Waals surface area contributed by atoms with Crippen molar-refractivity contribution in [1.82, 2.24) is 15.0 Å². The smallest absolute Gasteiger partial charge is 0.187 e. The second kappa shape index (κ2) is 8.77. The summed E-state index contributed by atoms with van der Waals surface area (Å²) in [6.07, 6.45) is 5.08. The molecule has 2 aromatic carbocycles. The highest BCUT2D eigenvalue weighted by molar-refractivity contribution is 7.15. The Morgan fingerprint density at radius 2 is 1.94 bits per heavy atom. The van der Waals surface area contributed by atoms with Gasteiger partial charge < -0.3 is 15.0 Å². The van der Waals surface area contributed by atoms with E-state index in [1.54, 1.807) is 24.5 Å². The van der Waals surface area contributed by atoms with Crippen molar-refractivity contribution in [3.8, 4) is 17.1 Å². The number of thiazole rings is 1. The number of halogens is 2. The number of aryl methyl sites for hydroxylation is 2. The van der Waals surface area contributed by atoms with Gasteiger partial charge in [-0.15, -0.1) is 11.3 Å². The van der Waals surface area contributed by atoms with E-state index >= 15 is 0 Å². The van der Waals surface area contributed by atoms with Gasteiger partial charge in [0.25, 0.3) is 0 Å². The fourth-order valence-corrected chi connectivity index (χ4v) is 5.84. The van der Waals surface area contributed by atoms with Gasteiger partial charge in [0.05, 0.1) is 24.1 Å². The van der Waals surface area contributed by atoms with E-state index in [0.717, 1.165) is 64.2 Å². The first-order valence-corrected chi connectivity index (χ1v) is 12.0. The molecule has 1 atom stereocenters. The fourth-order valence-electron chi connectivity index (χ4n) is 4.21. The molecule has 5 rings (SSSR count). The molecule has 0 radical (unpaired) electrons. The summed E-state index contributed by atoms with van der Waals surface area (Å²) in [5, 5.41) is 5.65. The van der Waals surface area contributed by atoms with Crippen LogP contribution in [0.5, 0.6) is 5.75 Å². The fraction of sp³-hybridized carbons (Fsp3) is 0.250. The summed E-state index contributed by atoms with van der Waals surface area (Å²) in [7, 11) is 1.67. The lowest BCUT2D eigenvalue weighted by Crippen LogP contribution is -2.10. The second-order valence-corrected chi connectivity index (χ2v) is 9.86. The van der Waals surface area contributed by atoms with Gasteiger partial charge in [-0.1, -0.05) is 23.2 Å². The van der Waals surface area contributed by atoms with Crippen LogP contribution in [0.2, 0.25) is 10.0 Å². The van der Waals surface area contributed by atoms with Gasteiger partial charge in [-0.3, -0.25) is 0 Å². The molecule has 1 unspecified atom stereocenters. The summed E-state index contributed by atoms with van der Waals surface area (Å²) in [4.78, 5) is 14.0. The third-order valence-corrected chi connectivity index (χ3v) is 7.14. The van der Waals surface area contributed by atoms with Crippen LogP contribution >= 0.6 is 34.5 Å². The van der Waals surface area contributed by atoms with Crippen molar-refractivity contribution in [1.29, 1.82) is 0 Å². The first-order chi connectivity index (χ1) is 15.5. The summed E-state index contributed by atoms with van der Waals surface area (Å²) in [5.74, 6) is 1.75. The monoisotopic (exact) mass is 484 g/mol. The maximum absolute atomic E-state index is 6.26. The molecule has 5 nitrogen and oxygen atoms in total. The molecular weight excluding hydrogens is 463 g/mol. The maximum atomic E-state index is 6.26. The average Bonchev–Trinajstić information content (AvgIpc) is 3.38. The molecule has 164 valence electrons. The number of fused-ring (bicyclic) bond motifs is 1. The molecule has 0 amide bonds. The number of benzene rings is 2. The summed E-state index contributed by atoms with van der Waals surface area (Å²) in [5.41, 5.74) is 5.02. The Labute approximate surface area is 200 Å². The van der Waals surface area contributed by atoms with Crippen molar-refractivity contribution in [2.45, 2.75) is 32.1 Å². The summed E-state index contributed by atoms with van der Waals surface area (Å²) in [6, 6.07) is 11.8. The van der Waals surface area contributed by atoms with Gasteiger partial charge in [-0.25, -0.2) is 9.97 Å². The number of hydrogen-bond acceptors (Lipinski definition) is 5. The molecule has 2 N–H and O–H groups in total. The largest absolute Gasteiger partial charge is 0.496 e. The first-order valence-electron chi connectivity index (χ1n) is 10.4. The lowest BCUT2D eigenvalue weighted by Gasteiger charge is -2.21. The molecule has 0 bridgehead atoms. The third-order valence-electron chi connectivity index (χ3n) is 5.66. The maximum Gasteiger partial charge on any atom is 0.187 e. The van der Waals surface area contributed by atoms with E-state index in [1.807, 2.05) is 43.5 Å². The van der Waals surface area contributed by atoms with E-state index in [9.17, 15) is 0 Å². The second-order valence-electron chi connectivity index (χ2n) is 7.91. The Morgan fingerprint density at radius 1 is 1.12 bits per heavy atom. The highest BCUT2D eigenvalue weighted by atomic mass is 35.5. The average molecular weight is 485 g/mol. The van der Waals surface area contributed by atoms with Crippen molar-refractivity contribution in [3.63, 3.8) is 0 Å². The van der Waals surface area contributed by atoms with Crippen LogP contribution in [0.4, 0.5) is 10.8 Å². The predicted molar refractivity (Wildman–Crippen MR) is 132 cm³/mol. The number of aromatic nitrogens is 3. The Kier molecular flexibility index (Phi) is 5.84. The number of rotatable bonds is 5. The van der Waals surface area contributed by atoms with Crippen LogP contribution in [0.25, 0.3) is 11.4 Å². The van der Waals surface area contributed by atoms with Crippen LogP contribution in [0.3, 0.4) is 0 Å². The van der Waals surface area contributed by atoms with Crippen LogP contribution in [-0.4, -0.2) is 22.1 Å². The first kappa shape index (κ1) is 21.3. The SMILES string of the molecule is COc1cc(Nc2nc3c(s2)CCCC3c2cc(Cl)cc(Cl)c2)ccc1-c1nc(C)c[nH]1. The Hall–Kier alpha value is -2.54. The topological polar surface area (TPSA) is 62.8 Å². The number of ether oxygens (including phenoxy) is 1. The molecule has 0 saturated carbocycles. The molecule has 8 heteroatoms. The normalized spacial score (nSPS) is 15.4. The number of anilines is 2. The van der Waals surface area contributed by atoms with Crippen molar-refractivity contribution < 1.29 is 4.74 Å². The molecule has 0 fully saturated rings. The number of hydrogen-bond donors (Lipinski definition) is 2. The van der Waals surface area contributed by atoms with E-state index in [-0.39, 0.29) is 5.92 Å². The van der Waals surface area contributed by atoms with Crippen LogP contribution < -0.4 is 10.1 Å². The zero-order chi connectivity index (χ0) is 22.2. The minimum absolute atomic E-state index is 0.209. The summed E-state index contributed by atoms with van der Waals surface area (Å²) in [6.45, 7) is 1.96. The predicted octanol–water partition coefficient (Wildman–Crippen LogP) is 7.37. The number of aromatic amines is 1. The van der Waals surface area contributed by atoms with Crippen molar-refractivity contribution in [2.75, 3.05) is 12.4 Å². The quantitative estimate of drug-likeness (QED) is 0.310. The number of nitrogens with one attached hydrogen (secondary N) is 2. The molecule has 32 heavy (non-hydrogen) atoms. The van der Waals surface area contributed by atoms with Gasteiger partial charge in [0, 0.05) is 38.8 Å². The van der Waals surface area contributed by atoms with Crippen molar-refractivity contribution in [3.05, 3.63) is 74.5 Å². The van der Waals surface area contributed by atoms with Gasteiger partial charge in [0.1, 0.15) is 11.6 Å². The highest BCUT2D eigenvalue weighted by Crippen LogP contribution is 2.42. The van der Waals surface area contributed by atoms with Crippen LogP contribution in [0, 0.1) is 6.92 Å². The van der Waals surface area contributed by atoms with Crippen molar-refractivity contribution >= 4 is 45.4 Å². The van der Waals surface area contributed by atoms with Gasteiger partial charge in [0.15, 0.2) is 5.13 Å². The summed E-state index contributed by atoms with van der Waals surface area (Å²) >= 11 is 14.2. The molecular formula is C24H22Cl2N4OS. The number of nitrogens with zero attached hydrogens (tertiary/aromatic N) is 2. The molecule has 0 aliphatic heterocycles. The third kappa shape index (κ3) is 4.22. The molecule has 0 saturated heterocycles. The van der Waals surface area contributed by atoms with E-state index < -0.39 is 0 Å². The standard InChI is InChI=1S/C24H22Cl2N4OS/c1-13-12-27-23(28-13)19-7-6-17(11-20(19)31-2)29-24-30-22-18(4-3-5-21(22)32-24)14-8-15(25)10-16(26)9-14/h6-12,18H,3-5H2,1-2H3,(H,27,28)(H,29,30). The summed E-state index contributed by atoms with van der Waals surface area (Å²) < 4.78 is 5.62. The number of imidazole rings is 1. The van der Waals surface area contributed by atoms with E-state index in [2.05, 4.69) is 15.3 Å². The van der Waals surface area contributed by atoms with Gasteiger partial charge in [-0.2, -0.15) is 0 Å². The lowest BCUT2D eigenvalue weighted by molar-refractivity contribution is 0.416. The molecule has 1 aliphatic carbocycles. The molecule has 2 heterocycles. The number of methoxy groups -OCH3 is 1. The van der Waals surface area contributed by atoms with Gasteiger partial charge in [-0.05, 0) is 62.1 Å². The Balaban J connectivity index is 1.43. The van der Waals surface area contributed by atoms with E-state index in [1.165, 1.54) is 4.88 Å². The molecule has 4 aromatic rings. The zero-order valence-corrected chi connectivity index (χ0v) is 20.0. The van der Waals surface area contributed by atoms with Crippen LogP contribution in [0.1, 0.15) is 40.6 Å². The van der Waals surface area contributed by atoms with Crippen molar-refractivity contribution in [2.24, 2.45) is 0 Å². The van der Waals surface area contributed by atoms with Gasteiger partial charge in [0.2, 0.25) is 0 Å². The number of H-pyrrole nitrogens is 1. The minimum Gasteiger partial charge on any atom is -0.496 e. The molecule has 0 spiro atoms. The molecule has 1 aliphatic rings. The Morgan fingerprint density at radius 3 is 2.66 bits per heavy atom.